The summed E-state index contributed by atoms with van der Waals surface area (Å²) in [5, 5.41) is 23.6. The SMILES string of the molecule is O[C@H]1[C@H](O)[C@@H](COCc2ccccc2)N[C@H]1COCc1ccccc1. The summed E-state index contributed by atoms with van der Waals surface area (Å²) in [7, 11) is 0. The van der Waals surface area contributed by atoms with Gasteiger partial charge in [-0.3, -0.25) is 0 Å². The lowest BCUT2D eigenvalue weighted by Gasteiger charge is -2.15. The van der Waals surface area contributed by atoms with Gasteiger partial charge in [-0.15, -0.1) is 0 Å². The molecule has 134 valence electrons. The van der Waals surface area contributed by atoms with E-state index in [9.17, 15) is 10.2 Å². The van der Waals surface area contributed by atoms with Gasteiger partial charge in [0, 0.05) is 0 Å². The zero-order valence-corrected chi connectivity index (χ0v) is 14.1. The number of rotatable bonds is 8. The van der Waals surface area contributed by atoms with Gasteiger partial charge in [0.2, 0.25) is 0 Å². The molecule has 3 rings (SSSR count). The van der Waals surface area contributed by atoms with E-state index in [1.165, 1.54) is 0 Å². The Morgan fingerprint density at radius 3 is 1.48 bits per heavy atom. The molecule has 1 fully saturated rings. The first-order valence-corrected chi connectivity index (χ1v) is 8.59. The van der Waals surface area contributed by atoms with E-state index in [0.717, 1.165) is 11.1 Å². The number of ether oxygens (including phenoxy) is 2. The quantitative estimate of drug-likeness (QED) is 0.677. The van der Waals surface area contributed by atoms with Gasteiger partial charge in [-0.05, 0) is 11.1 Å². The molecule has 1 saturated heterocycles. The van der Waals surface area contributed by atoms with Crippen molar-refractivity contribution in [2.24, 2.45) is 0 Å². The number of aliphatic hydroxyl groups excluding tert-OH is 2. The molecule has 0 aromatic heterocycles. The molecule has 1 aliphatic heterocycles. The lowest BCUT2D eigenvalue weighted by Crippen LogP contribution is -2.39. The van der Waals surface area contributed by atoms with Crippen LogP contribution < -0.4 is 5.32 Å². The van der Waals surface area contributed by atoms with Crippen molar-refractivity contribution in [2.75, 3.05) is 13.2 Å². The van der Waals surface area contributed by atoms with Gasteiger partial charge >= 0.3 is 0 Å². The van der Waals surface area contributed by atoms with Crippen LogP contribution in [0.1, 0.15) is 11.1 Å². The second-order valence-electron chi connectivity index (χ2n) is 6.36. The Hall–Kier alpha value is -1.76. The standard InChI is InChI=1S/C20H25NO4/c22-19-17(13-24-11-15-7-3-1-4-8-15)21-18(20(19)23)14-25-12-16-9-5-2-6-10-16/h1-10,17-23H,11-14H2/t17-,18+,19-,20-/m1/s1. The Labute approximate surface area is 148 Å². The number of aliphatic hydroxyl groups is 2. The van der Waals surface area contributed by atoms with Crippen LogP contribution in [-0.2, 0) is 22.7 Å². The Kier molecular flexibility index (Phi) is 6.55. The summed E-state index contributed by atoms with van der Waals surface area (Å²) in [6.07, 6.45) is -1.72. The Morgan fingerprint density at radius 1 is 0.680 bits per heavy atom. The van der Waals surface area contributed by atoms with E-state index in [-0.39, 0.29) is 12.1 Å². The first-order chi connectivity index (χ1) is 12.2. The molecule has 25 heavy (non-hydrogen) atoms. The molecule has 0 bridgehead atoms. The molecule has 4 atom stereocenters. The van der Waals surface area contributed by atoms with Crippen LogP contribution in [0.3, 0.4) is 0 Å². The highest BCUT2D eigenvalue weighted by Crippen LogP contribution is 2.16. The van der Waals surface area contributed by atoms with E-state index in [1.807, 2.05) is 60.7 Å². The summed E-state index contributed by atoms with van der Waals surface area (Å²) >= 11 is 0. The minimum atomic E-state index is -0.860. The zero-order valence-electron chi connectivity index (χ0n) is 14.1. The second kappa shape index (κ2) is 9.08. The smallest absolute Gasteiger partial charge is 0.0990 e. The number of hydrogen-bond donors (Lipinski definition) is 3. The van der Waals surface area contributed by atoms with E-state index in [1.54, 1.807) is 0 Å². The molecular formula is C20H25NO4. The average molecular weight is 343 g/mol. The lowest BCUT2D eigenvalue weighted by molar-refractivity contribution is -0.00497. The Balaban J connectivity index is 1.41. The normalized spacial score (nSPS) is 26.0. The highest BCUT2D eigenvalue weighted by molar-refractivity contribution is 5.14. The largest absolute Gasteiger partial charge is 0.389 e. The summed E-state index contributed by atoms with van der Waals surface area (Å²) < 4.78 is 11.3. The minimum absolute atomic E-state index is 0.302. The summed E-state index contributed by atoms with van der Waals surface area (Å²) in [5.41, 5.74) is 2.16. The van der Waals surface area contributed by atoms with Gasteiger partial charge in [-0.25, -0.2) is 0 Å². The third-order valence-electron chi connectivity index (χ3n) is 4.42. The van der Waals surface area contributed by atoms with E-state index >= 15 is 0 Å². The Morgan fingerprint density at radius 2 is 1.08 bits per heavy atom. The topological polar surface area (TPSA) is 71.0 Å². The van der Waals surface area contributed by atoms with Crippen molar-refractivity contribution in [3.05, 3.63) is 71.8 Å². The molecule has 5 nitrogen and oxygen atoms in total. The van der Waals surface area contributed by atoms with E-state index in [4.69, 9.17) is 9.47 Å². The van der Waals surface area contributed by atoms with Crippen molar-refractivity contribution >= 4 is 0 Å². The average Bonchev–Trinajstić information content (AvgIpc) is 2.92. The number of benzene rings is 2. The van der Waals surface area contributed by atoms with Crippen molar-refractivity contribution < 1.29 is 19.7 Å². The van der Waals surface area contributed by atoms with E-state index < -0.39 is 12.2 Å². The van der Waals surface area contributed by atoms with Crippen LogP contribution in [0.4, 0.5) is 0 Å². The molecule has 1 heterocycles. The molecule has 3 N–H and O–H groups in total. The lowest BCUT2D eigenvalue weighted by atomic mass is 10.1. The van der Waals surface area contributed by atoms with Gasteiger partial charge in [0.15, 0.2) is 0 Å². The molecular weight excluding hydrogens is 318 g/mol. The number of hydrogen-bond acceptors (Lipinski definition) is 5. The van der Waals surface area contributed by atoms with Gasteiger partial charge in [-0.2, -0.15) is 0 Å². The van der Waals surface area contributed by atoms with Gasteiger partial charge < -0.3 is 25.0 Å². The van der Waals surface area contributed by atoms with E-state index in [0.29, 0.717) is 26.4 Å². The molecule has 1 aliphatic rings. The third kappa shape index (κ3) is 5.11. The van der Waals surface area contributed by atoms with Crippen LogP contribution in [0.25, 0.3) is 0 Å². The van der Waals surface area contributed by atoms with Gasteiger partial charge in [0.1, 0.15) is 0 Å². The number of nitrogens with one attached hydrogen (secondary N) is 1. The predicted octanol–water partition coefficient (Wildman–Crippen LogP) is 1.48. The second-order valence-corrected chi connectivity index (χ2v) is 6.36. The molecule has 0 unspecified atom stereocenters. The van der Waals surface area contributed by atoms with E-state index in [2.05, 4.69) is 5.32 Å². The highest BCUT2D eigenvalue weighted by atomic mass is 16.5. The first-order valence-electron chi connectivity index (χ1n) is 8.59. The van der Waals surface area contributed by atoms with Crippen LogP contribution in [0.5, 0.6) is 0 Å². The maximum absolute atomic E-state index is 10.2. The molecule has 0 radical (unpaired) electrons. The first kappa shape index (κ1) is 18.0. The molecule has 0 amide bonds. The monoisotopic (exact) mass is 343 g/mol. The molecule has 0 saturated carbocycles. The highest BCUT2D eigenvalue weighted by Gasteiger charge is 2.40. The summed E-state index contributed by atoms with van der Waals surface area (Å²) in [5.74, 6) is 0. The van der Waals surface area contributed by atoms with Gasteiger partial charge in [-0.1, -0.05) is 60.7 Å². The molecule has 2 aromatic rings. The Bertz CT molecular complexity index is 567. The predicted molar refractivity (Wildman–Crippen MR) is 94.9 cm³/mol. The van der Waals surface area contributed by atoms with Crippen molar-refractivity contribution in [2.45, 2.75) is 37.5 Å². The fourth-order valence-corrected chi connectivity index (χ4v) is 3.00. The van der Waals surface area contributed by atoms with Crippen molar-refractivity contribution in [3.63, 3.8) is 0 Å². The van der Waals surface area contributed by atoms with Crippen LogP contribution in [0, 0.1) is 0 Å². The van der Waals surface area contributed by atoms with Crippen molar-refractivity contribution in [1.82, 2.24) is 5.32 Å². The maximum Gasteiger partial charge on any atom is 0.0990 e. The fourth-order valence-electron chi connectivity index (χ4n) is 3.00. The fraction of sp³-hybridized carbons (Fsp3) is 0.400. The van der Waals surface area contributed by atoms with Crippen molar-refractivity contribution in [3.8, 4) is 0 Å². The van der Waals surface area contributed by atoms with Gasteiger partial charge in [0.25, 0.3) is 0 Å². The van der Waals surface area contributed by atoms with Crippen LogP contribution in [0.2, 0.25) is 0 Å². The van der Waals surface area contributed by atoms with Crippen LogP contribution in [0.15, 0.2) is 60.7 Å². The van der Waals surface area contributed by atoms with Crippen LogP contribution in [-0.4, -0.2) is 47.7 Å². The molecule has 5 heteroatoms. The molecule has 0 aliphatic carbocycles. The zero-order chi connectivity index (χ0) is 17.5. The summed E-state index contributed by atoms with van der Waals surface area (Å²) in [4.78, 5) is 0. The van der Waals surface area contributed by atoms with Crippen molar-refractivity contribution in [1.29, 1.82) is 0 Å². The molecule has 2 aromatic carbocycles. The maximum atomic E-state index is 10.2. The summed E-state index contributed by atoms with van der Waals surface area (Å²) in [6.45, 7) is 1.64. The minimum Gasteiger partial charge on any atom is -0.389 e. The van der Waals surface area contributed by atoms with Crippen LogP contribution >= 0.6 is 0 Å². The summed E-state index contributed by atoms with van der Waals surface area (Å²) in [6, 6.07) is 19.1. The third-order valence-corrected chi connectivity index (χ3v) is 4.42. The molecule has 0 spiro atoms. The van der Waals surface area contributed by atoms with Gasteiger partial charge in [0.05, 0.1) is 50.7 Å².